The fourth-order valence-electron chi connectivity index (χ4n) is 12.6. The van der Waals surface area contributed by atoms with Gasteiger partial charge in [-0.2, -0.15) is 9.97 Å². The molecule has 8 heterocycles. The first kappa shape index (κ1) is 46.4. The quantitative estimate of drug-likeness (QED) is 0.0958. The van der Waals surface area contributed by atoms with Crippen LogP contribution in [0.5, 0.6) is 11.8 Å². The zero-order chi connectivity index (χ0) is 48.7. The largest absolute Gasteiger partial charge is 0.508 e. The van der Waals surface area contributed by atoms with Gasteiger partial charge in [0.2, 0.25) is 11.8 Å². The first-order chi connectivity index (χ1) is 34.4. The van der Waals surface area contributed by atoms with Crippen LogP contribution < -0.4 is 25.2 Å². The second-order valence-corrected chi connectivity index (χ2v) is 21.3. The topological polar surface area (TPSA) is 143 Å². The van der Waals surface area contributed by atoms with E-state index in [2.05, 4.69) is 35.2 Å². The van der Waals surface area contributed by atoms with Gasteiger partial charge in [0, 0.05) is 118 Å². The summed E-state index contributed by atoms with van der Waals surface area (Å²) in [6, 6.07) is 10.3. The van der Waals surface area contributed by atoms with Crippen molar-refractivity contribution in [1.29, 1.82) is 0 Å². The van der Waals surface area contributed by atoms with Gasteiger partial charge in [-0.05, 0) is 111 Å². The summed E-state index contributed by atoms with van der Waals surface area (Å²) in [6.45, 7) is 11.5. The Labute approximate surface area is 409 Å². The van der Waals surface area contributed by atoms with E-state index in [0.29, 0.717) is 89.1 Å². The highest BCUT2D eigenvalue weighted by atomic mass is 19.1. The number of likely N-dealkylation sites (tertiary alicyclic amines) is 2. The van der Waals surface area contributed by atoms with Crippen molar-refractivity contribution in [1.82, 2.24) is 40.3 Å². The monoisotopic (exact) mass is 976 g/mol. The molecule has 2 aromatic heterocycles. The number of halogens is 4. The Hall–Kier alpha value is -5.69. The van der Waals surface area contributed by atoms with Gasteiger partial charge >= 0.3 is 6.01 Å². The van der Waals surface area contributed by atoms with Crippen LogP contribution in [0.2, 0.25) is 0 Å². The summed E-state index contributed by atoms with van der Waals surface area (Å²) in [6.07, 6.45) is 8.48. The fourth-order valence-corrected chi connectivity index (χ4v) is 12.6. The highest BCUT2D eigenvalue weighted by Gasteiger charge is 2.47. The molecule has 2 amide bonds. The van der Waals surface area contributed by atoms with Crippen LogP contribution in [0.4, 0.5) is 29.1 Å². The predicted molar refractivity (Wildman–Crippen MR) is 261 cm³/mol. The van der Waals surface area contributed by atoms with Crippen molar-refractivity contribution in [2.45, 2.75) is 94.8 Å². The lowest BCUT2D eigenvalue weighted by Crippen LogP contribution is -2.66. The minimum Gasteiger partial charge on any atom is -0.508 e. The van der Waals surface area contributed by atoms with Crippen LogP contribution >= 0.6 is 0 Å². The molecule has 0 radical (unpaired) electrons. The third-order valence-electron chi connectivity index (χ3n) is 16.8. The molecular weight excluding hydrogens is 917 g/mol. The number of fused-ring (bicyclic) bond motifs is 4. The molecule has 7 aliphatic rings. The van der Waals surface area contributed by atoms with Gasteiger partial charge in [-0.1, -0.05) is 13.0 Å². The number of anilines is 2. The van der Waals surface area contributed by atoms with Crippen molar-refractivity contribution in [2.75, 3.05) is 88.4 Å². The number of nitrogens with one attached hydrogen (secondary N) is 2. The average Bonchev–Trinajstić information content (AvgIpc) is 4.03. The molecule has 2 bridgehead atoms. The van der Waals surface area contributed by atoms with Crippen molar-refractivity contribution in [3.63, 3.8) is 0 Å². The number of piperazine rings is 2. The van der Waals surface area contributed by atoms with Crippen LogP contribution in [-0.2, 0) is 16.0 Å². The summed E-state index contributed by atoms with van der Waals surface area (Å²) < 4.78 is 69.4. The van der Waals surface area contributed by atoms with Crippen LogP contribution in [0.3, 0.4) is 0 Å². The summed E-state index contributed by atoms with van der Waals surface area (Å²) >= 11 is 0. The van der Waals surface area contributed by atoms with Gasteiger partial charge in [-0.15, -0.1) is 0 Å². The number of benzene rings is 3. The highest BCUT2D eigenvalue weighted by molar-refractivity contribution is 6.02. The number of rotatable bonds is 12. The van der Waals surface area contributed by atoms with Gasteiger partial charge < -0.3 is 29.9 Å². The number of hydrogen-bond acceptors (Lipinski definition) is 13. The predicted octanol–water partition coefficient (Wildman–Crippen LogP) is 6.26. The molecule has 374 valence electrons. The molecule has 7 fully saturated rings. The molecule has 3 N–H and O–H groups in total. The van der Waals surface area contributed by atoms with Crippen LogP contribution in [0.1, 0.15) is 75.3 Å². The van der Waals surface area contributed by atoms with E-state index in [0.717, 1.165) is 97.4 Å². The number of nitrogens with zero attached hydrogens (tertiary/aromatic N) is 8. The summed E-state index contributed by atoms with van der Waals surface area (Å²) in [5.41, 5.74) is 0.957. The second kappa shape index (κ2) is 18.4. The van der Waals surface area contributed by atoms with Crippen LogP contribution in [0.25, 0.3) is 32.9 Å². The lowest BCUT2D eigenvalue weighted by molar-refractivity contribution is -0.134. The van der Waals surface area contributed by atoms with Crippen LogP contribution in [-0.4, -0.2) is 149 Å². The Bertz CT molecular complexity index is 2880. The molecule has 3 atom stereocenters. The van der Waals surface area contributed by atoms with Crippen molar-refractivity contribution in [2.24, 2.45) is 5.41 Å². The summed E-state index contributed by atoms with van der Waals surface area (Å²) in [4.78, 5) is 50.1. The Morgan fingerprint density at radius 2 is 1.54 bits per heavy atom. The maximum atomic E-state index is 17.2. The zero-order valence-corrected chi connectivity index (χ0v) is 40.0. The first-order valence-electron chi connectivity index (χ1n) is 25.6. The number of aromatic nitrogens is 3. The number of phenolic OH excluding ortho intramolecular Hbond substituents is 1. The molecule has 12 rings (SSSR count). The number of amides is 2. The maximum Gasteiger partial charge on any atom is 0.319 e. The van der Waals surface area contributed by atoms with Gasteiger partial charge in [0.25, 0.3) is 0 Å². The van der Waals surface area contributed by atoms with E-state index in [1.54, 1.807) is 18.3 Å². The minimum atomic E-state index is -1.01. The number of aromatic hydroxyl groups is 1. The standard InChI is InChI=1S/C53H60F4N10O4/c1-2-37-41(54)7-3-30-19-36(68)22-39(45(30)37)48-47(57)49-40(23-58-48)50(67-24-31-4-5-32(25-67)59-31)62-52(61-49)71-29-53(11-12-53)28-63-13-9-33(10-14-63)66-26-35(27-66)65-17-15-64(16-18-65)34-20-42(55)46(43(56)21-34)38-6-8-44(69)60-51(38)70/h3,7,19-23,31-33,35,38,59,68H,2,4-6,8-18,24-29H2,1H3,(H,60,69,70). The fraction of sp³-hybridized carbons (Fsp3) is 0.528. The number of aryl methyl sites for hydroxylation is 1. The molecule has 3 aromatic carbocycles. The molecule has 18 heteroatoms. The van der Waals surface area contributed by atoms with Crippen molar-refractivity contribution in [3.8, 4) is 23.0 Å². The molecule has 71 heavy (non-hydrogen) atoms. The van der Waals surface area contributed by atoms with Gasteiger partial charge in [-0.25, -0.2) is 17.6 Å². The number of imide groups is 1. The van der Waals surface area contributed by atoms with Gasteiger partial charge in [0.1, 0.15) is 40.2 Å². The lowest BCUT2D eigenvalue weighted by Gasteiger charge is -2.52. The SMILES string of the molecule is CCc1c(F)ccc2cc(O)cc(-c3ncc4c(N5CC6CCC(C5)N6)nc(OCC5(CN6CCC(N7CC(N8CCN(c9cc(F)c(C%10CCC(=O)NC%10=O)c(F)c9)CC8)C7)CC6)CC5)nc4c3F)c12. The second-order valence-electron chi connectivity index (χ2n) is 21.3. The van der Waals surface area contributed by atoms with E-state index < -0.39 is 41.0 Å². The van der Waals surface area contributed by atoms with Gasteiger partial charge in [-0.3, -0.25) is 29.7 Å². The van der Waals surface area contributed by atoms with Crippen molar-refractivity contribution < 1.29 is 37.0 Å². The highest BCUT2D eigenvalue weighted by Crippen LogP contribution is 2.47. The Morgan fingerprint density at radius 1 is 0.803 bits per heavy atom. The summed E-state index contributed by atoms with van der Waals surface area (Å²) in [7, 11) is 0. The third kappa shape index (κ3) is 8.81. The molecule has 6 saturated heterocycles. The molecule has 6 aliphatic heterocycles. The number of pyridine rings is 1. The molecular formula is C53H60F4N10O4. The lowest BCUT2D eigenvalue weighted by atomic mass is 9.89. The summed E-state index contributed by atoms with van der Waals surface area (Å²) in [5, 5.41) is 18.2. The van der Waals surface area contributed by atoms with Crippen molar-refractivity contribution in [3.05, 3.63) is 77.0 Å². The van der Waals surface area contributed by atoms with E-state index in [1.807, 2.05) is 11.8 Å². The number of carbonyl (C=O) groups excluding carboxylic acids is 2. The van der Waals surface area contributed by atoms with Crippen LogP contribution in [0.15, 0.2) is 42.6 Å². The normalized spacial score (nSPS) is 24.5. The Balaban J connectivity index is 0.672. The molecule has 5 aromatic rings. The van der Waals surface area contributed by atoms with E-state index >= 15 is 17.6 Å². The molecule has 1 saturated carbocycles. The van der Waals surface area contributed by atoms with Gasteiger partial charge in [0.15, 0.2) is 5.82 Å². The zero-order valence-electron chi connectivity index (χ0n) is 40.0. The number of hydrogen-bond donors (Lipinski definition) is 3. The van der Waals surface area contributed by atoms with Gasteiger partial charge in [0.05, 0.1) is 17.9 Å². The average molecular weight is 977 g/mol. The van der Waals surface area contributed by atoms with E-state index in [-0.39, 0.29) is 46.8 Å². The Morgan fingerprint density at radius 3 is 2.23 bits per heavy atom. The summed E-state index contributed by atoms with van der Waals surface area (Å²) in [5.74, 6) is -4.14. The number of ether oxygens (including phenoxy) is 1. The smallest absolute Gasteiger partial charge is 0.319 e. The Kier molecular flexibility index (Phi) is 12.0. The minimum absolute atomic E-state index is 0.0180. The third-order valence-corrected chi connectivity index (χ3v) is 16.8. The van der Waals surface area contributed by atoms with Crippen molar-refractivity contribution >= 4 is 45.0 Å². The molecule has 3 unspecified atom stereocenters. The van der Waals surface area contributed by atoms with E-state index in [4.69, 9.17) is 14.7 Å². The molecule has 14 nitrogen and oxygen atoms in total. The first-order valence-corrected chi connectivity index (χ1v) is 25.6. The number of piperidine rings is 2. The van der Waals surface area contributed by atoms with Crippen LogP contribution in [0, 0.1) is 28.7 Å². The number of phenols is 1. The van der Waals surface area contributed by atoms with E-state index in [9.17, 15) is 14.7 Å². The molecule has 1 aliphatic carbocycles. The molecule has 0 spiro atoms. The number of carbonyl (C=O) groups is 2. The maximum absolute atomic E-state index is 17.2. The van der Waals surface area contributed by atoms with E-state index in [1.165, 1.54) is 24.3 Å².